The van der Waals surface area contributed by atoms with Gasteiger partial charge in [-0.05, 0) is 50.2 Å². The van der Waals surface area contributed by atoms with Gasteiger partial charge < -0.3 is 24.5 Å². The van der Waals surface area contributed by atoms with E-state index < -0.39 is 55.5 Å². The average molecular weight is 983 g/mol. The van der Waals surface area contributed by atoms with E-state index >= 15 is 0 Å². The third-order valence-corrected chi connectivity index (χ3v) is 11.3. The molecule has 1 aliphatic heterocycles. The molecular weight excluding hydrogens is 948 g/mol. The second-order valence-electron chi connectivity index (χ2n) is 11.7. The van der Waals surface area contributed by atoms with Gasteiger partial charge in [0.2, 0.25) is 0 Å². The summed E-state index contributed by atoms with van der Waals surface area (Å²) < 4.78 is 150. The molecule has 25 heteroatoms. The number of aromatic nitrogens is 5. The molecule has 0 radical (unpaired) electrons. The Labute approximate surface area is 362 Å². The Kier molecular flexibility index (Phi) is 18.0. The third-order valence-electron chi connectivity index (χ3n) is 7.79. The molecule has 0 amide bonds. The number of anilines is 1. The minimum atomic E-state index is -4.64. The lowest BCUT2D eigenvalue weighted by Gasteiger charge is -2.15. The highest BCUT2D eigenvalue weighted by molar-refractivity contribution is 8.11. The Morgan fingerprint density at radius 1 is 0.717 bits per heavy atom. The molecule has 0 saturated carbocycles. The van der Waals surface area contributed by atoms with Crippen LogP contribution in [0.3, 0.4) is 0 Å². The average Bonchev–Trinajstić information content (AvgIpc) is 3.98. The number of hydrogen-bond acceptors (Lipinski definition) is 6. The van der Waals surface area contributed by atoms with Crippen LogP contribution in [0.5, 0.6) is 0 Å². The van der Waals surface area contributed by atoms with Crippen molar-refractivity contribution in [2.45, 2.75) is 68.8 Å². The number of nitrogens with zero attached hydrogens (tertiary/aromatic N) is 5. The fourth-order valence-corrected chi connectivity index (χ4v) is 7.88. The van der Waals surface area contributed by atoms with Crippen molar-refractivity contribution in [1.82, 2.24) is 24.1 Å². The quantitative estimate of drug-likeness (QED) is 0.0992. The number of nitrogens with two attached hydrogens (primary N) is 1. The zero-order valence-electron chi connectivity index (χ0n) is 30.5. The Bertz CT molecular complexity index is 2270. The van der Waals surface area contributed by atoms with E-state index in [1.54, 1.807) is 38.7 Å². The SMILES string of the molecule is C.C/C(F)=S(\F)c1cnn(-c2c(Cl)cc(C(F)(F)F)cc2Cl)c1-n1cccc1.C/C(F)=S(\F)c1cnn(-c2c(Cl)cc(C(F)(F)F)cc2Cl)c1N.COC1CCC(OC)O1. The molecule has 1 fully saturated rings. The lowest BCUT2D eigenvalue weighted by Crippen LogP contribution is -2.13. The molecule has 2 N–H and O–H groups in total. The van der Waals surface area contributed by atoms with Crippen molar-refractivity contribution in [3.63, 3.8) is 0 Å². The Hall–Kier alpha value is -3.28. The normalized spacial score (nSPS) is 16.8. The van der Waals surface area contributed by atoms with Crippen molar-refractivity contribution < 1.29 is 57.1 Å². The molecule has 3 aromatic heterocycles. The van der Waals surface area contributed by atoms with Gasteiger partial charge >= 0.3 is 12.4 Å². The fourth-order valence-electron chi connectivity index (χ4n) is 5.08. The molecule has 332 valence electrons. The molecule has 2 aromatic carbocycles. The molecule has 5 aromatic rings. The van der Waals surface area contributed by atoms with Gasteiger partial charge in [0.15, 0.2) is 28.6 Å². The fraction of sp³-hybridized carbons (Fsp3) is 0.314. The van der Waals surface area contributed by atoms with E-state index in [1.165, 1.54) is 4.57 Å². The molecule has 6 rings (SSSR count). The summed E-state index contributed by atoms with van der Waals surface area (Å²) >= 11 is 23.7. The van der Waals surface area contributed by atoms with Gasteiger partial charge in [0.1, 0.15) is 17.2 Å². The van der Waals surface area contributed by atoms with Gasteiger partial charge in [0.25, 0.3) is 0 Å². The molecule has 4 unspecified atom stereocenters. The van der Waals surface area contributed by atoms with Crippen LogP contribution in [-0.2, 0) is 26.6 Å². The van der Waals surface area contributed by atoms with Crippen LogP contribution < -0.4 is 5.73 Å². The summed E-state index contributed by atoms with van der Waals surface area (Å²) in [5.74, 6) is -0.234. The van der Waals surface area contributed by atoms with Crippen molar-refractivity contribution in [2.24, 2.45) is 0 Å². The topological polar surface area (TPSA) is 94.3 Å². The second-order valence-corrected chi connectivity index (χ2v) is 16.4. The van der Waals surface area contributed by atoms with E-state index in [1.807, 2.05) is 0 Å². The van der Waals surface area contributed by atoms with Crippen molar-refractivity contribution in [2.75, 3.05) is 20.0 Å². The van der Waals surface area contributed by atoms with E-state index in [9.17, 15) is 42.9 Å². The zero-order valence-corrected chi connectivity index (χ0v) is 35.1. The molecule has 9 nitrogen and oxygen atoms in total. The number of hydrogen-bond donors (Lipinski definition) is 1. The van der Waals surface area contributed by atoms with Crippen molar-refractivity contribution in [3.05, 3.63) is 92.4 Å². The van der Waals surface area contributed by atoms with E-state index in [4.69, 9.17) is 66.3 Å². The van der Waals surface area contributed by atoms with E-state index in [-0.39, 0.29) is 72.9 Å². The maximum Gasteiger partial charge on any atom is 0.416 e. The van der Waals surface area contributed by atoms with Crippen molar-refractivity contribution >= 4 is 84.2 Å². The van der Waals surface area contributed by atoms with E-state index in [0.29, 0.717) is 24.3 Å². The van der Waals surface area contributed by atoms with Crippen LogP contribution in [0.25, 0.3) is 17.2 Å². The largest absolute Gasteiger partial charge is 0.416 e. The van der Waals surface area contributed by atoms with Gasteiger partial charge in [-0.3, -0.25) is 0 Å². The summed E-state index contributed by atoms with van der Waals surface area (Å²) in [5.41, 5.74) is 3.37. The van der Waals surface area contributed by atoms with Gasteiger partial charge in [-0.2, -0.15) is 44.3 Å². The number of rotatable bonds is 7. The van der Waals surface area contributed by atoms with Crippen LogP contribution in [0.4, 0.5) is 48.7 Å². The summed E-state index contributed by atoms with van der Waals surface area (Å²) in [4.78, 5) is -0.352. The maximum atomic E-state index is 14.4. The van der Waals surface area contributed by atoms with Gasteiger partial charge in [-0.1, -0.05) is 53.8 Å². The van der Waals surface area contributed by atoms with E-state index in [0.717, 1.165) is 48.4 Å². The molecule has 0 spiro atoms. The number of ether oxygens (including phenoxy) is 3. The van der Waals surface area contributed by atoms with Crippen molar-refractivity contribution in [3.8, 4) is 17.2 Å². The van der Waals surface area contributed by atoms with Gasteiger partial charge in [-0.25, -0.2) is 18.1 Å². The van der Waals surface area contributed by atoms with Crippen LogP contribution in [0, 0.1) is 0 Å². The first-order valence-corrected chi connectivity index (χ1v) is 20.0. The molecule has 60 heavy (non-hydrogen) atoms. The molecule has 1 saturated heterocycles. The highest BCUT2D eigenvalue weighted by Crippen LogP contribution is 2.43. The molecular formula is C35H34Cl4F10N6O3S2. The highest BCUT2D eigenvalue weighted by Gasteiger charge is 2.34. The van der Waals surface area contributed by atoms with Crippen LogP contribution in [-0.4, -0.2) is 61.2 Å². The zero-order chi connectivity index (χ0) is 44.1. The first-order valence-electron chi connectivity index (χ1n) is 16.2. The van der Waals surface area contributed by atoms with E-state index in [2.05, 4.69) is 10.2 Å². The number of methoxy groups -OCH3 is 2. The van der Waals surface area contributed by atoms with Crippen molar-refractivity contribution in [1.29, 1.82) is 0 Å². The minimum absolute atomic E-state index is 0. The number of nitrogen functional groups attached to an aromatic ring is 1. The molecule has 1 aliphatic rings. The molecule has 4 atom stereocenters. The summed E-state index contributed by atoms with van der Waals surface area (Å²) in [6, 6.07) is 5.96. The summed E-state index contributed by atoms with van der Waals surface area (Å²) in [6.45, 7) is 1.91. The number of halogens is 14. The van der Waals surface area contributed by atoms with Crippen LogP contribution >= 0.6 is 68.1 Å². The van der Waals surface area contributed by atoms with Gasteiger partial charge in [0, 0.05) is 39.5 Å². The Morgan fingerprint density at radius 2 is 1.08 bits per heavy atom. The number of benzene rings is 2. The number of alkyl halides is 6. The second kappa shape index (κ2) is 21.2. The lowest BCUT2D eigenvalue weighted by atomic mass is 10.2. The minimum Gasteiger partial charge on any atom is -0.383 e. The van der Waals surface area contributed by atoms with Crippen LogP contribution in [0.15, 0.2) is 71.0 Å². The standard InChI is InChI=1S/C16H10Cl2F5N3S.C12H8Cl2F5N3S.C6H12O3.CH4/c1-9(19)27(23)13-8-24-26(15(13)25-4-2-3-5-25)14-11(17)6-10(7-12(14)18)16(20,21)22;1-5(15)23(19)9-4-21-22(11(9)20)10-7(13)2-6(3-8(10)14)12(16,17)18;1-7-5-3-4-6(8-2)9-5;/h2-8H,1H3;2-4H,20H2,1H3;5-6H,3-4H2,1-2H3;1H4. The van der Waals surface area contributed by atoms with Gasteiger partial charge in [-0.15, -0.1) is 0 Å². The predicted molar refractivity (Wildman–Crippen MR) is 217 cm³/mol. The third kappa shape index (κ3) is 12.0. The first-order chi connectivity index (χ1) is 27.5. The lowest BCUT2D eigenvalue weighted by molar-refractivity contribution is -0.185. The molecule has 4 heterocycles. The maximum absolute atomic E-state index is 14.4. The molecule has 0 aliphatic carbocycles. The van der Waals surface area contributed by atoms with Crippen LogP contribution in [0.2, 0.25) is 20.1 Å². The summed E-state index contributed by atoms with van der Waals surface area (Å²) in [6.07, 6.45) is -2.35. The van der Waals surface area contributed by atoms with Crippen LogP contribution in [0.1, 0.15) is 45.2 Å². The molecule has 0 bridgehead atoms. The highest BCUT2D eigenvalue weighted by atomic mass is 35.5. The Balaban J connectivity index is 0.000000264. The van der Waals surface area contributed by atoms with Gasteiger partial charge in [0.05, 0.1) is 75.1 Å². The first kappa shape index (κ1) is 51.1. The predicted octanol–water partition coefficient (Wildman–Crippen LogP) is 13.4. The summed E-state index contributed by atoms with van der Waals surface area (Å²) in [5, 5.41) is 4.31. The smallest absolute Gasteiger partial charge is 0.383 e. The Morgan fingerprint density at radius 3 is 1.45 bits per heavy atom. The summed E-state index contributed by atoms with van der Waals surface area (Å²) in [7, 11) is -1.51. The monoisotopic (exact) mass is 980 g/mol.